The molecular formula is C19H21ClN4O. The quantitative estimate of drug-likeness (QED) is 0.914. The smallest absolute Gasteiger partial charge is 0.270 e. The van der Waals surface area contributed by atoms with E-state index in [0.717, 1.165) is 32.4 Å². The molecule has 0 unspecified atom stereocenters. The fourth-order valence-corrected chi connectivity index (χ4v) is 4.30. The molecule has 25 heavy (non-hydrogen) atoms. The number of hydrogen-bond donors (Lipinski definition) is 1. The van der Waals surface area contributed by atoms with Crippen molar-refractivity contribution in [3.8, 4) is 0 Å². The zero-order chi connectivity index (χ0) is 17.2. The van der Waals surface area contributed by atoms with E-state index in [2.05, 4.69) is 26.3 Å². The number of carbonyl (C=O) groups is 1. The van der Waals surface area contributed by atoms with Crippen LogP contribution in [0.5, 0.6) is 0 Å². The van der Waals surface area contributed by atoms with Crippen LogP contribution in [0.25, 0.3) is 0 Å². The first-order valence-electron chi connectivity index (χ1n) is 8.76. The molecule has 130 valence electrons. The van der Waals surface area contributed by atoms with Gasteiger partial charge in [-0.3, -0.25) is 19.7 Å². The molecule has 5 heterocycles. The van der Waals surface area contributed by atoms with Crippen LogP contribution in [0, 0.1) is 5.92 Å². The van der Waals surface area contributed by atoms with E-state index >= 15 is 0 Å². The molecular weight excluding hydrogens is 336 g/mol. The highest BCUT2D eigenvalue weighted by Crippen LogP contribution is 2.34. The molecule has 2 aromatic rings. The van der Waals surface area contributed by atoms with Crippen molar-refractivity contribution in [2.24, 2.45) is 5.92 Å². The maximum Gasteiger partial charge on any atom is 0.270 e. The van der Waals surface area contributed by atoms with Gasteiger partial charge in [-0.15, -0.1) is 0 Å². The first-order valence-corrected chi connectivity index (χ1v) is 9.14. The van der Waals surface area contributed by atoms with E-state index in [1.807, 2.05) is 12.3 Å². The van der Waals surface area contributed by atoms with E-state index < -0.39 is 0 Å². The van der Waals surface area contributed by atoms with Crippen LogP contribution in [0.1, 0.15) is 28.9 Å². The molecule has 2 bridgehead atoms. The lowest BCUT2D eigenvalue weighted by Crippen LogP contribution is -2.64. The van der Waals surface area contributed by atoms with Crippen LogP contribution in [0.3, 0.4) is 0 Å². The van der Waals surface area contributed by atoms with Gasteiger partial charge in [0.15, 0.2) is 0 Å². The number of piperidine rings is 3. The van der Waals surface area contributed by atoms with E-state index in [1.165, 1.54) is 5.56 Å². The molecule has 2 aromatic heterocycles. The molecule has 0 spiro atoms. The zero-order valence-electron chi connectivity index (χ0n) is 13.9. The minimum Gasteiger partial charge on any atom is -0.346 e. The number of amides is 1. The Morgan fingerprint density at radius 3 is 2.84 bits per heavy atom. The molecule has 2 atom stereocenters. The first kappa shape index (κ1) is 16.5. The average molecular weight is 357 g/mol. The number of nitrogens with zero attached hydrogens (tertiary/aromatic N) is 3. The minimum absolute atomic E-state index is 0.135. The summed E-state index contributed by atoms with van der Waals surface area (Å²) in [6.45, 7) is 2.22. The molecule has 5 nitrogen and oxygen atoms in total. The predicted octanol–water partition coefficient (Wildman–Crippen LogP) is 2.57. The van der Waals surface area contributed by atoms with Gasteiger partial charge in [0.1, 0.15) is 5.69 Å². The zero-order valence-corrected chi connectivity index (χ0v) is 14.7. The van der Waals surface area contributed by atoms with Gasteiger partial charge in [0.05, 0.1) is 0 Å². The Balaban J connectivity index is 1.54. The molecule has 0 aliphatic carbocycles. The fourth-order valence-electron chi connectivity index (χ4n) is 4.14. The van der Waals surface area contributed by atoms with Gasteiger partial charge in [0.2, 0.25) is 0 Å². The third kappa shape index (κ3) is 3.53. The van der Waals surface area contributed by atoms with Gasteiger partial charge in [0.25, 0.3) is 5.91 Å². The second-order valence-electron chi connectivity index (χ2n) is 6.86. The summed E-state index contributed by atoms with van der Waals surface area (Å²) in [6.07, 6.45) is 8.45. The number of pyridine rings is 2. The van der Waals surface area contributed by atoms with Crippen molar-refractivity contribution in [1.82, 2.24) is 20.2 Å². The minimum atomic E-state index is -0.141. The fraction of sp³-hybridized carbons (Fsp3) is 0.421. The number of carbonyl (C=O) groups excluding carboxylic acids is 1. The Bertz CT molecular complexity index is 746. The van der Waals surface area contributed by atoms with Crippen LogP contribution in [0.2, 0.25) is 5.02 Å². The van der Waals surface area contributed by atoms with Crippen LogP contribution in [0.15, 0.2) is 42.9 Å². The van der Waals surface area contributed by atoms with Crippen molar-refractivity contribution in [3.05, 3.63) is 59.1 Å². The highest BCUT2D eigenvalue weighted by Gasteiger charge is 2.42. The summed E-state index contributed by atoms with van der Waals surface area (Å²) in [5.74, 6) is 0.382. The maximum atomic E-state index is 12.7. The summed E-state index contributed by atoms with van der Waals surface area (Å²) in [7, 11) is 0. The van der Waals surface area contributed by atoms with Gasteiger partial charge < -0.3 is 5.32 Å². The molecule has 5 rings (SSSR count). The van der Waals surface area contributed by atoms with E-state index in [0.29, 0.717) is 22.7 Å². The van der Waals surface area contributed by atoms with Crippen molar-refractivity contribution >= 4 is 17.5 Å². The molecule has 1 N–H and O–H groups in total. The maximum absolute atomic E-state index is 12.7. The number of rotatable bonds is 4. The standard InChI is InChI=1S/C19H21ClN4O/c20-15-3-7-22-16(11-15)19(25)23-18-14-4-8-24(9-5-14)17(18)10-13-2-1-6-21-12-13/h1-3,6-7,11-12,14,17-18H,4-5,8-10H2,(H,23,25)/t17-,18+/m0/s1. The number of halogens is 1. The highest BCUT2D eigenvalue weighted by atomic mass is 35.5. The van der Waals surface area contributed by atoms with Gasteiger partial charge >= 0.3 is 0 Å². The van der Waals surface area contributed by atoms with Crippen molar-refractivity contribution in [2.75, 3.05) is 13.1 Å². The summed E-state index contributed by atoms with van der Waals surface area (Å²) >= 11 is 6.00. The third-order valence-corrected chi connectivity index (χ3v) is 5.62. The SMILES string of the molecule is O=C(N[C@@H]1C2CCN(CC2)[C@H]1Cc1cccnc1)c1cc(Cl)ccn1. The van der Waals surface area contributed by atoms with Crippen LogP contribution in [-0.4, -0.2) is 45.9 Å². The summed E-state index contributed by atoms with van der Waals surface area (Å²) in [5.41, 5.74) is 1.59. The number of hydrogen-bond acceptors (Lipinski definition) is 4. The summed E-state index contributed by atoms with van der Waals surface area (Å²) in [6, 6.07) is 7.81. The molecule has 0 radical (unpaired) electrons. The molecule has 0 saturated carbocycles. The van der Waals surface area contributed by atoms with Gasteiger partial charge in [-0.2, -0.15) is 0 Å². The summed E-state index contributed by atoms with van der Waals surface area (Å²) < 4.78 is 0. The normalized spacial score (nSPS) is 27.9. The molecule has 1 amide bonds. The highest BCUT2D eigenvalue weighted by molar-refractivity contribution is 6.30. The lowest BCUT2D eigenvalue weighted by Gasteiger charge is -2.51. The number of aromatic nitrogens is 2. The van der Waals surface area contributed by atoms with E-state index in [9.17, 15) is 4.79 Å². The first-order chi connectivity index (χ1) is 12.2. The van der Waals surface area contributed by atoms with E-state index in [-0.39, 0.29) is 11.9 Å². The van der Waals surface area contributed by atoms with Crippen molar-refractivity contribution in [3.63, 3.8) is 0 Å². The largest absolute Gasteiger partial charge is 0.346 e. The molecule has 0 aromatic carbocycles. The molecule has 3 saturated heterocycles. The molecule has 3 aliphatic heterocycles. The van der Waals surface area contributed by atoms with Crippen molar-refractivity contribution in [1.29, 1.82) is 0 Å². The topological polar surface area (TPSA) is 58.1 Å². The van der Waals surface area contributed by atoms with E-state index in [1.54, 1.807) is 24.5 Å². The molecule has 3 fully saturated rings. The van der Waals surface area contributed by atoms with Crippen molar-refractivity contribution < 1.29 is 4.79 Å². The Morgan fingerprint density at radius 1 is 1.28 bits per heavy atom. The Labute approximate surface area is 152 Å². The Kier molecular flexibility index (Phi) is 4.68. The van der Waals surface area contributed by atoms with Crippen LogP contribution >= 0.6 is 11.6 Å². The third-order valence-electron chi connectivity index (χ3n) is 5.39. The Hall–Kier alpha value is -1.98. The summed E-state index contributed by atoms with van der Waals surface area (Å²) in [4.78, 5) is 23.6. The lowest BCUT2D eigenvalue weighted by atomic mass is 9.76. The molecule has 3 aliphatic rings. The Morgan fingerprint density at radius 2 is 2.12 bits per heavy atom. The van der Waals surface area contributed by atoms with E-state index in [4.69, 9.17) is 11.6 Å². The van der Waals surface area contributed by atoms with Crippen molar-refractivity contribution in [2.45, 2.75) is 31.3 Å². The lowest BCUT2D eigenvalue weighted by molar-refractivity contribution is 0.0135. The van der Waals surface area contributed by atoms with Crippen LogP contribution < -0.4 is 5.32 Å². The van der Waals surface area contributed by atoms with Crippen LogP contribution in [0.4, 0.5) is 0 Å². The van der Waals surface area contributed by atoms with Gasteiger partial charge in [0, 0.05) is 35.7 Å². The molecule has 6 heteroatoms. The summed E-state index contributed by atoms with van der Waals surface area (Å²) in [5, 5.41) is 3.77. The van der Waals surface area contributed by atoms with Gasteiger partial charge in [-0.1, -0.05) is 17.7 Å². The second kappa shape index (κ2) is 7.10. The predicted molar refractivity (Wildman–Crippen MR) is 96.5 cm³/mol. The number of nitrogens with one attached hydrogen (secondary N) is 1. The average Bonchev–Trinajstić information content (AvgIpc) is 2.65. The van der Waals surface area contributed by atoms with Gasteiger partial charge in [-0.05, 0) is 62.0 Å². The van der Waals surface area contributed by atoms with Crippen LogP contribution in [-0.2, 0) is 6.42 Å². The second-order valence-corrected chi connectivity index (χ2v) is 7.30. The van der Waals surface area contributed by atoms with Gasteiger partial charge in [-0.25, -0.2) is 0 Å². The monoisotopic (exact) mass is 356 g/mol. The number of fused-ring (bicyclic) bond motifs is 3.